The summed E-state index contributed by atoms with van der Waals surface area (Å²) in [6.07, 6.45) is -1.02. The third kappa shape index (κ3) is 3.49. The van der Waals surface area contributed by atoms with Gasteiger partial charge in [0.15, 0.2) is 6.10 Å². The molecule has 1 heterocycles. The van der Waals surface area contributed by atoms with Crippen molar-refractivity contribution in [2.75, 3.05) is 0 Å². The SMILES string of the molecule is NC1=C(OSCc2ccccc2)C(=O)C(c2ccc(F)cc2Cl)O1. The molecule has 1 unspecified atom stereocenters. The number of nitrogens with two attached hydrogens (primary N) is 1. The van der Waals surface area contributed by atoms with E-state index in [4.69, 9.17) is 26.3 Å². The number of carbonyl (C=O) groups excluding carboxylic acids is 1. The highest BCUT2D eigenvalue weighted by Crippen LogP contribution is 2.36. The van der Waals surface area contributed by atoms with Gasteiger partial charge in [0, 0.05) is 5.56 Å². The topological polar surface area (TPSA) is 61.5 Å². The molecule has 1 atom stereocenters. The van der Waals surface area contributed by atoms with E-state index in [-0.39, 0.29) is 16.7 Å². The van der Waals surface area contributed by atoms with Crippen molar-refractivity contribution >= 4 is 29.4 Å². The summed E-state index contributed by atoms with van der Waals surface area (Å²) in [6.45, 7) is 0. The Balaban J connectivity index is 1.67. The molecule has 0 radical (unpaired) electrons. The number of benzene rings is 2. The van der Waals surface area contributed by atoms with Gasteiger partial charge in [-0.15, -0.1) is 0 Å². The minimum Gasteiger partial charge on any atom is -0.460 e. The molecule has 0 bridgehead atoms. The first-order valence-corrected chi connectivity index (χ1v) is 8.34. The van der Waals surface area contributed by atoms with Gasteiger partial charge in [0.1, 0.15) is 5.82 Å². The fraction of sp³-hybridized carbons (Fsp3) is 0.118. The summed E-state index contributed by atoms with van der Waals surface area (Å²) in [5, 5.41) is 0.0966. The lowest BCUT2D eigenvalue weighted by atomic mass is 10.1. The summed E-state index contributed by atoms with van der Waals surface area (Å²) in [6, 6.07) is 13.4. The van der Waals surface area contributed by atoms with Crippen LogP contribution >= 0.6 is 23.6 Å². The zero-order valence-electron chi connectivity index (χ0n) is 12.4. The summed E-state index contributed by atoms with van der Waals surface area (Å²) in [4.78, 5) is 12.4. The zero-order valence-corrected chi connectivity index (χ0v) is 13.9. The Bertz CT molecular complexity index is 798. The minimum absolute atomic E-state index is 0.0543. The van der Waals surface area contributed by atoms with Crippen LogP contribution < -0.4 is 5.73 Å². The van der Waals surface area contributed by atoms with Crippen LogP contribution in [-0.2, 0) is 19.5 Å². The van der Waals surface area contributed by atoms with Gasteiger partial charge >= 0.3 is 0 Å². The van der Waals surface area contributed by atoms with Crippen molar-refractivity contribution in [3.63, 3.8) is 0 Å². The van der Waals surface area contributed by atoms with Gasteiger partial charge in [-0.2, -0.15) is 0 Å². The van der Waals surface area contributed by atoms with Gasteiger partial charge in [-0.05, 0) is 17.7 Å². The number of hydrogen-bond acceptors (Lipinski definition) is 5. The molecular formula is C17H13ClFNO3S. The Hall–Kier alpha value is -2.18. The van der Waals surface area contributed by atoms with E-state index in [1.54, 1.807) is 0 Å². The highest BCUT2D eigenvalue weighted by atomic mass is 35.5. The first-order chi connectivity index (χ1) is 11.6. The Labute approximate surface area is 147 Å². The maximum Gasteiger partial charge on any atom is 0.249 e. The molecule has 0 amide bonds. The summed E-state index contributed by atoms with van der Waals surface area (Å²) in [5.74, 6) is -0.550. The highest BCUT2D eigenvalue weighted by Gasteiger charge is 2.38. The summed E-state index contributed by atoms with van der Waals surface area (Å²) in [5.41, 5.74) is 7.13. The smallest absolute Gasteiger partial charge is 0.249 e. The molecule has 4 nitrogen and oxygen atoms in total. The van der Waals surface area contributed by atoms with Crippen molar-refractivity contribution in [1.29, 1.82) is 0 Å². The quantitative estimate of drug-likeness (QED) is 0.808. The number of ketones is 1. The van der Waals surface area contributed by atoms with Crippen molar-refractivity contribution in [1.82, 2.24) is 0 Å². The van der Waals surface area contributed by atoms with Crippen LogP contribution in [0.4, 0.5) is 4.39 Å². The average molecular weight is 366 g/mol. The van der Waals surface area contributed by atoms with Gasteiger partial charge in [0.05, 0.1) is 22.8 Å². The summed E-state index contributed by atoms with van der Waals surface area (Å²) < 4.78 is 23.9. The van der Waals surface area contributed by atoms with Crippen LogP contribution in [-0.4, -0.2) is 5.78 Å². The number of halogens is 2. The number of Topliss-reactive ketones (excluding diaryl/α,β-unsaturated/α-hetero) is 1. The van der Waals surface area contributed by atoms with E-state index < -0.39 is 17.7 Å². The second kappa shape index (κ2) is 7.15. The van der Waals surface area contributed by atoms with Gasteiger partial charge in [-0.3, -0.25) is 4.79 Å². The van der Waals surface area contributed by atoms with E-state index in [9.17, 15) is 9.18 Å². The number of hydrogen-bond donors (Lipinski definition) is 1. The predicted molar refractivity (Wildman–Crippen MR) is 90.3 cm³/mol. The van der Waals surface area contributed by atoms with E-state index in [0.717, 1.165) is 23.7 Å². The van der Waals surface area contributed by atoms with Gasteiger partial charge in [-0.1, -0.05) is 48.0 Å². The van der Waals surface area contributed by atoms with Crippen LogP contribution in [0.5, 0.6) is 0 Å². The lowest BCUT2D eigenvalue weighted by molar-refractivity contribution is -0.122. The molecule has 1 aliphatic rings. The molecule has 24 heavy (non-hydrogen) atoms. The molecule has 3 rings (SSSR count). The van der Waals surface area contributed by atoms with E-state index in [1.165, 1.54) is 12.1 Å². The molecule has 7 heteroatoms. The monoisotopic (exact) mass is 365 g/mol. The van der Waals surface area contributed by atoms with Crippen molar-refractivity contribution in [3.05, 3.63) is 82.1 Å². The fourth-order valence-electron chi connectivity index (χ4n) is 2.21. The molecule has 2 aromatic rings. The van der Waals surface area contributed by atoms with E-state index in [1.807, 2.05) is 30.3 Å². The van der Waals surface area contributed by atoms with Crippen molar-refractivity contribution in [2.45, 2.75) is 11.9 Å². The Kier molecular flexibility index (Phi) is 4.97. The van der Waals surface area contributed by atoms with Gasteiger partial charge in [0.2, 0.25) is 17.4 Å². The van der Waals surface area contributed by atoms with Crippen LogP contribution in [0.3, 0.4) is 0 Å². The van der Waals surface area contributed by atoms with Crippen LogP contribution in [0.15, 0.2) is 60.2 Å². The van der Waals surface area contributed by atoms with Crippen molar-refractivity contribution in [2.24, 2.45) is 5.73 Å². The third-order valence-electron chi connectivity index (χ3n) is 3.39. The molecule has 0 spiro atoms. The molecule has 2 N–H and O–H groups in total. The minimum atomic E-state index is -1.02. The standard InChI is InChI=1S/C17H13ClFNO3S/c18-13-8-11(19)6-7-12(13)15-14(21)16(17(20)22-15)23-24-9-10-4-2-1-3-5-10/h1-8,15H,9,20H2. The lowest BCUT2D eigenvalue weighted by Crippen LogP contribution is -2.11. The van der Waals surface area contributed by atoms with E-state index in [2.05, 4.69) is 0 Å². The maximum atomic E-state index is 13.1. The van der Waals surface area contributed by atoms with Gasteiger partial charge in [0.25, 0.3) is 0 Å². The zero-order chi connectivity index (χ0) is 17.1. The molecule has 0 fully saturated rings. The largest absolute Gasteiger partial charge is 0.460 e. The molecule has 0 saturated carbocycles. The highest BCUT2D eigenvalue weighted by molar-refractivity contribution is 7.94. The van der Waals surface area contributed by atoms with Crippen LogP contribution in [0.2, 0.25) is 5.02 Å². The molecule has 2 aromatic carbocycles. The number of ether oxygens (including phenoxy) is 1. The fourth-order valence-corrected chi connectivity index (χ4v) is 3.14. The van der Waals surface area contributed by atoms with Crippen LogP contribution in [0, 0.1) is 5.82 Å². The second-order valence-electron chi connectivity index (χ2n) is 5.05. The van der Waals surface area contributed by atoms with E-state index in [0.29, 0.717) is 11.3 Å². The Morgan fingerprint density at radius 2 is 2.00 bits per heavy atom. The summed E-state index contributed by atoms with van der Waals surface area (Å²) in [7, 11) is 0. The Morgan fingerprint density at radius 1 is 1.25 bits per heavy atom. The van der Waals surface area contributed by atoms with Gasteiger partial charge in [-0.25, -0.2) is 4.39 Å². The number of rotatable bonds is 5. The third-order valence-corrected chi connectivity index (χ3v) is 4.45. The van der Waals surface area contributed by atoms with Crippen LogP contribution in [0.25, 0.3) is 0 Å². The maximum absolute atomic E-state index is 13.1. The van der Waals surface area contributed by atoms with E-state index >= 15 is 0 Å². The molecule has 0 aliphatic carbocycles. The molecule has 1 aliphatic heterocycles. The first-order valence-electron chi connectivity index (χ1n) is 7.05. The molecular weight excluding hydrogens is 353 g/mol. The Morgan fingerprint density at radius 3 is 2.71 bits per heavy atom. The van der Waals surface area contributed by atoms with Crippen molar-refractivity contribution < 1.29 is 18.1 Å². The predicted octanol–water partition coefficient (Wildman–Crippen LogP) is 4.11. The summed E-state index contributed by atoms with van der Waals surface area (Å²) >= 11 is 7.06. The van der Waals surface area contributed by atoms with Gasteiger partial charge < -0.3 is 14.7 Å². The lowest BCUT2D eigenvalue weighted by Gasteiger charge is -2.11. The number of carbonyl (C=O) groups is 1. The molecule has 0 aromatic heterocycles. The molecule has 0 saturated heterocycles. The first kappa shape index (κ1) is 16.7. The second-order valence-corrected chi connectivity index (χ2v) is 6.15. The van der Waals surface area contributed by atoms with Crippen molar-refractivity contribution in [3.8, 4) is 0 Å². The normalized spacial score (nSPS) is 17.1. The molecule has 124 valence electrons. The van der Waals surface area contributed by atoms with Crippen LogP contribution in [0.1, 0.15) is 17.2 Å². The average Bonchev–Trinajstić information content (AvgIpc) is 2.84.